The molecule has 0 spiro atoms. The number of rotatable bonds is 4. The van der Waals surface area contributed by atoms with Crippen LogP contribution in [0.4, 0.5) is 14.6 Å². The van der Waals surface area contributed by atoms with Crippen molar-refractivity contribution < 1.29 is 17.6 Å². The molecule has 0 aliphatic carbocycles. The highest BCUT2D eigenvalue weighted by molar-refractivity contribution is 5.99. The number of nitrogen functional groups attached to an aromatic ring is 1. The molecule has 4 heterocycles. The number of hydrogen-bond donors (Lipinski definition) is 1. The van der Waals surface area contributed by atoms with E-state index in [-0.39, 0.29) is 33.7 Å². The zero-order valence-electron chi connectivity index (χ0n) is 21.7. The van der Waals surface area contributed by atoms with Crippen LogP contribution in [0.25, 0.3) is 55.5 Å². The highest BCUT2D eigenvalue weighted by Gasteiger charge is 2.28. The molecule has 11 heteroatoms. The van der Waals surface area contributed by atoms with Gasteiger partial charge in [-0.1, -0.05) is 24.3 Å². The van der Waals surface area contributed by atoms with E-state index in [1.807, 2.05) is 12.1 Å². The maximum Gasteiger partial charge on any atom is 0.203 e. The average Bonchev–Trinajstić information content (AvgIpc) is 3.52. The first-order valence-corrected chi connectivity index (χ1v) is 12.7. The first-order valence-electron chi connectivity index (χ1n) is 12.7. The van der Waals surface area contributed by atoms with Gasteiger partial charge in [0.15, 0.2) is 17.1 Å². The molecule has 0 aliphatic heterocycles. The highest BCUT2D eigenvalue weighted by atomic mass is 19.1. The van der Waals surface area contributed by atoms with Crippen molar-refractivity contribution in [3.63, 3.8) is 0 Å². The van der Waals surface area contributed by atoms with Gasteiger partial charge in [0.25, 0.3) is 0 Å². The Balaban J connectivity index is 1.50. The van der Waals surface area contributed by atoms with Gasteiger partial charge in [-0.3, -0.25) is 4.79 Å². The zero-order valence-corrected chi connectivity index (χ0v) is 21.7. The lowest BCUT2D eigenvalue weighted by Gasteiger charge is -2.17. The third-order valence-electron chi connectivity index (χ3n) is 7.04. The highest BCUT2D eigenvalue weighted by Crippen LogP contribution is 2.37. The molecule has 1 unspecified atom stereocenters. The number of nitrogens with zero attached hydrogens (tertiary/aromatic N) is 5. The first-order chi connectivity index (χ1) is 19.8. The smallest absolute Gasteiger partial charge is 0.203 e. The molecule has 9 nitrogen and oxygen atoms in total. The summed E-state index contributed by atoms with van der Waals surface area (Å²) in [5.74, 6) is -0.424. The van der Waals surface area contributed by atoms with Gasteiger partial charge >= 0.3 is 0 Å². The second kappa shape index (κ2) is 9.05. The van der Waals surface area contributed by atoms with Crippen LogP contribution in [0.1, 0.15) is 24.6 Å². The Kier molecular flexibility index (Phi) is 5.43. The molecule has 2 N–H and O–H groups in total. The number of nitrogens with two attached hydrogens (primary N) is 1. The fourth-order valence-electron chi connectivity index (χ4n) is 5.19. The van der Waals surface area contributed by atoms with Gasteiger partial charge in [0.2, 0.25) is 5.43 Å². The Labute approximate surface area is 229 Å². The standard InChI is InChI=1S/C30H20F2N6O3/c1-14(28-23(16-5-3-6-18(31)11-16)27(39)24-19(32)7-4-8-21(24)41-28)38-30-25(29(33)34-13-35-30)26(37-38)17-9-10-20-22(12-17)40-15(2)36-20/h3-14H,1-2H3,(H2,33,34,35). The molecule has 0 aliphatic rings. The van der Waals surface area contributed by atoms with Crippen LogP contribution in [0.3, 0.4) is 0 Å². The van der Waals surface area contributed by atoms with Gasteiger partial charge in [-0.2, -0.15) is 5.10 Å². The number of fused-ring (bicyclic) bond motifs is 3. The molecule has 7 aromatic rings. The van der Waals surface area contributed by atoms with Crippen LogP contribution in [-0.4, -0.2) is 24.7 Å². The van der Waals surface area contributed by atoms with Gasteiger partial charge in [0.1, 0.15) is 57.8 Å². The monoisotopic (exact) mass is 550 g/mol. The Morgan fingerprint density at radius 1 is 0.927 bits per heavy atom. The topological polar surface area (TPSA) is 126 Å². The normalized spacial score (nSPS) is 12.5. The Bertz CT molecular complexity index is 2220. The number of hydrogen-bond acceptors (Lipinski definition) is 8. The molecule has 0 saturated heterocycles. The summed E-state index contributed by atoms with van der Waals surface area (Å²) >= 11 is 0. The summed E-state index contributed by atoms with van der Waals surface area (Å²) in [5, 5.41) is 5.11. The Morgan fingerprint density at radius 3 is 2.59 bits per heavy atom. The summed E-state index contributed by atoms with van der Waals surface area (Å²) in [6.45, 7) is 3.51. The van der Waals surface area contributed by atoms with E-state index in [4.69, 9.17) is 19.7 Å². The van der Waals surface area contributed by atoms with Gasteiger partial charge in [-0.15, -0.1) is 0 Å². The molecule has 41 heavy (non-hydrogen) atoms. The minimum Gasteiger partial charge on any atom is -0.458 e. The number of oxazole rings is 1. The summed E-state index contributed by atoms with van der Waals surface area (Å²) in [7, 11) is 0. The van der Waals surface area contributed by atoms with Crippen molar-refractivity contribution in [3.05, 3.63) is 100 Å². The van der Waals surface area contributed by atoms with Gasteiger partial charge in [0.05, 0.1) is 10.9 Å². The minimum absolute atomic E-state index is 0.0142. The van der Waals surface area contributed by atoms with Crippen molar-refractivity contribution in [3.8, 4) is 22.4 Å². The van der Waals surface area contributed by atoms with Crippen molar-refractivity contribution in [2.75, 3.05) is 5.73 Å². The van der Waals surface area contributed by atoms with E-state index in [1.54, 1.807) is 30.7 Å². The van der Waals surface area contributed by atoms with E-state index in [0.29, 0.717) is 39.3 Å². The fraction of sp³-hybridized carbons (Fsp3) is 0.100. The average molecular weight is 551 g/mol. The molecular weight excluding hydrogens is 530 g/mol. The molecule has 3 aromatic carbocycles. The van der Waals surface area contributed by atoms with Crippen LogP contribution in [-0.2, 0) is 0 Å². The van der Waals surface area contributed by atoms with Crippen molar-refractivity contribution in [1.82, 2.24) is 24.7 Å². The van der Waals surface area contributed by atoms with E-state index in [9.17, 15) is 13.6 Å². The van der Waals surface area contributed by atoms with Crippen LogP contribution < -0.4 is 11.2 Å². The summed E-state index contributed by atoms with van der Waals surface area (Å²) in [4.78, 5) is 26.7. The molecule has 7 rings (SSSR count). The van der Waals surface area contributed by atoms with Gasteiger partial charge in [-0.05, 0) is 48.9 Å². The van der Waals surface area contributed by atoms with E-state index in [1.165, 1.54) is 42.7 Å². The summed E-state index contributed by atoms with van der Waals surface area (Å²) in [6.07, 6.45) is 1.31. The number of aryl methyl sites for hydroxylation is 1. The van der Waals surface area contributed by atoms with Crippen LogP contribution in [0.15, 0.2) is 80.6 Å². The summed E-state index contributed by atoms with van der Waals surface area (Å²) in [5.41, 5.74) is 8.78. The van der Waals surface area contributed by atoms with E-state index in [2.05, 4.69) is 15.0 Å². The number of benzene rings is 3. The summed E-state index contributed by atoms with van der Waals surface area (Å²) in [6, 6.07) is 14.3. The Hall–Kier alpha value is -5.45. The van der Waals surface area contributed by atoms with E-state index in [0.717, 1.165) is 0 Å². The maximum absolute atomic E-state index is 14.8. The third-order valence-corrected chi connectivity index (χ3v) is 7.04. The second-order valence-corrected chi connectivity index (χ2v) is 9.64. The van der Waals surface area contributed by atoms with Crippen molar-refractivity contribution in [2.24, 2.45) is 0 Å². The third kappa shape index (κ3) is 3.85. The molecule has 1 atom stereocenters. The van der Waals surface area contributed by atoms with Crippen LogP contribution in [0, 0.1) is 18.6 Å². The quantitative estimate of drug-likeness (QED) is 0.275. The van der Waals surface area contributed by atoms with Crippen molar-refractivity contribution >= 4 is 38.9 Å². The lowest BCUT2D eigenvalue weighted by Crippen LogP contribution is -2.17. The van der Waals surface area contributed by atoms with Gasteiger partial charge < -0.3 is 14.6 Å². The fourth-order valence-corrected chi connectivity index (χ4v) is 5.19. The molecule has 0 fully saturated rings. The van der Waals surface area contributed by atoms with Gasteiger partial charge in [-0.25, -0.2) is 28.4 Å². The van der Waals surface area contributed by atoms with Crippen LogP contribution in [0.2, 0.25) is 0 Å². The molecule has 0 radical (unpaired) electrons. The van der Waals surface area contributed by atoms with Crippen molar-refractivity contribution in [2.45, 2.75) is 19.9 Å². The maximum atomic E-state index is 14.8. The van der Waals surface area contributed by atoms with E-state index >= 15 is 0 Å². The molecule has 4 aromatic heterocycles. The molecule has 0 bridgehead atoms. The largest absolute Gasteiger partial charge is 0.458 e. The Morgan fingerprint density at radius 2 is 1.76 bits per heavy atom. The van der Waals surface area contributed by atoms with Gasteiger partial charge in [0, 0.05) is 12.5 Å². The molecule has 0 saturated carbocycles. The first kappa shape index (κ1) is 24.6. The van der Waals surface area contributed by atoms with E-state index < -0.39 is 23.1 Å². The van der Waals surface area contributed by atoms with Crippen LogP contribution >= 0.6 is 0 Å². The minimum atomic E-state index is -0.768. The lowest BCUT2D eigenvalue weighted by molar-refractivity contribution is 0.445. The number of anilines is 1. The lowest BCUT2D eigenvalue weighted by atomic mass is 9.99. The van der Waals surface area contributed by atoms with Crippen LogP contribution in [0.5, 0.6) is 0 Å². The van der Waals surface area contributed by atoms with Crippen molar-refractivity contribution in [1.29, 1.82) is 0 Å². The summed E-state index contributed by atoms with van der Waals surface area (Å²) < 4.78 is 42.6. The molecular formula is C30H20F2N6O3. The number of aromatic nitrogens is 5. The predicted octanol–water partition coefficient (Wildman–Crippen LogP) is 6.19. The number of halogens is 2. The SMILES string of the molecule is Cc1nc2ccc(-c3nn(C(C)c4oc5cccc(F)c5c(=O)c4-c4cccc(F)c4)c4ncnc(N)c34)cc2o1. The molecule has 202 valence electrons. The zero-order chi connectivity index (χ0) is 28.4. The predicted molar refractivity (Wildman–Crippen MR) is 149 cm³/mol. The molecule has 0 amide bonds. The second-order valence-electron chi connectivity index (χ2n) is 9.64.